The number of aromatic nitrogens is 2. The van der Waals surface area contributed by atoms with Gasteiger partial charge in [0, 0.05) is 12.4 Å². The summed E-state index contributed by atoms with van der Waals surface area (Å²) in [7, 11) is 0. The molecule has 0 aliphatic carbocycles. The Bertz CT molecular complexity index is 488. The molecule has 3 heterocycles. The zero-order chi connectivity index (χ0) is 10.3. The first-order valence-corrected chi connectivity index (χ1v) is 5.16. The van der Waals surface area contributed by atoms with E-state index in [1.54, 1.807) is 10.5 Å². The van der Waals surface area contributed by atoms with Gasteiger partial charge >= 0.3 is 0 Å². The van der Waals surface area contributed by atoms with Crippen LogP contribution in [-0.4, -0.2) is 22.5 Å². The van der Waals surface area contributed by atoms with Crippen LogP contribution in [0.1, 0.15) is 5.69 Å². The molecule has 0 aromatic carbocycles. The number of rotatable bonds is 2. The number of imidazole rings is 1. The van der Waals surface area contributed by atoms with Crippen LogP contribution in [-0.2, 0) is 6.42 Å². The summed E-state index contributed by atoms with van der Waals surface area (Å²) in [5.41, 5.74) is 1.41. The van der Waals surface area contributed by atoms with Crippen molar-refractivity contribution < 1.29 is 4.39 Å². The molecule has 1 aliphatic heterocycles. The van der Waals surface area contributed by atoms with E-state index in [2.05, 4.69) is 10.3 Å². The number of hydrogen-bond donors (Lipinski definition) is 1. The number of fused-ring (bicyclic) bond motifs is 1. The summed E-state index contributed by atoms with van der Waals surface area (Å²) in [4.78, 5) is 4.29. The largest absolute Gasteiger partial charge is 0.316 e. The van der Waals surface area contributed by atoms with Gasteiger partial charge in [-0.25, -0.2) is 9.37 Å². The lowest BCUT2D eigenvalue weighted by Gasteiger charge is -2.25. The van der Waals surface area contributed by atoms with E-state index in [4.69, 9.17) is 0 Å². The maximum Gasteiger partial charge on any atom is 0.173 e. The number of nitrogens with one attached hydrogen (secondary N) is 1. The van der Waals surface area contributed by atoms with E-state index in [1.807, 2.05) is 12.4 Å². The molecule has 15 heavy (non-hydrogen) atoms. The van der Waals surface area contributed by atoms with Gasteiger partial charge in [-0.3, -0.25) is 0 Å². The highest BCUT2D eigenvalue weighted by Crippen LogP contribution is 2.14. The number of hydrogen-bond acceptors (Lipinski definition) is 2. The van der Waals surface area contributed by atoms with E-state index in [9.17, 15) is 4.39 Å². The van der Waals surface area contributed by atoms with Gasteiger partial charge in [0.2, 0.25) is 0 Å². The normalized spacial score (nSPS) is 16.9. The quantitative estimate of drug-likeness (QED) is 0.799. The molecular weight excluding hydrogens is 193 g/mol. The zero-order valence-corrected chi connectivity index (χ0v) is 8.28. The van der Waals surface area contributed by atoms with E-state index >= 15 is 0 Å². The standard InChI is InChI=1S/C11H12FN3/c12-10-2-1-3-15-7-9(14-11(10)15)4-8-5-13-6-8/h1-3,7-8,13H,4-6H2. The maximum atomic E-state index is 13.3. The van der Waals surface area contributed by atoms with E-state index in [0.717, 1.165) is 25.2 Å². The number of nitrogens with zero attached hydrogens (tertiary/aromatic N) is 2. The fraction of sp³-hybridized carbons (Fsp3) is 0.364. The van der Waals surface area contributed by atoms with Crippen molar-refractivity contribution in [3.05, 3.63) is 36.0 Å². The Morgan fingerprint density at radius 3 is 3.07 bits per heavy atom. The second kappa shape index (κ2) is 3.31. The first-order chi connectivity index (χ1) is 7.33. The second-order valence-corrected chi connectivity index (χ2v) is 4.05. The summed E-state index contributed by atoms with van der Waals surface area (Å²) < 4.78 is 15.1. The Kier molecular flexibility index (Phi) is 1.95. The molecule has 1 saturated heterocycles. The Labute approximate surface area is 86.9 Å². The molecule has 78 valence electrons. The Balaban J connectivity index is 1.95. The molecule has 2 aromatic rings. The average Bonchev–Trinajstić information content (AvgIpc) is 2.56. The summed E-state index contributed by atoms with van der Waals surface area (Å²) in [6, 6.07) is 3.13. The lowest BCUT2D eigenvalue weighted by atomic mass is 9.98. The number of halogens is 1. The predicted molar refractivity (Wildman–Crippen MR) is 55.2 cm³/mol. The molecule has 0 radical (unpaired) electrons. The highest BCUT2D eigenvalue weighted by atomic mass is 19.1. The van der Waals surface area contributed by atoms with Crippen LogP contribution in [0, 0.1) is 11.7 Å². The molecule has 3 nitrogen and oxygen atoms in total. The summed E-state index contributed by atoms with van der Waals surface area (Å²) in [5, 5.41) is 3.22. The van der Waals surface area contributed by atoms with Crippen LogP contribution in [0.3, 0.4) is 0 Å². The Morgan fingerprint density at radius 2 is 2.40 bits per heavy atom. The van der Waals surface area contributed by atoms with E-state index in [-0.39, 0.29) is 5.82 Å². The smallest absolute Gasteiger partial charge is 0.173 e. The van der Waals surface area contributed by atoms with Crippen LogP contribution in [0.25, 0.3) is 5.65 Å². The van der Waals surface area contributed by atoms with Crippen LogP contribution < -0.4 is 5.32 Å². The highest BCUT2D eigenvalue weighted by molar-refractivity contribution is 5.41. The topological polar surface area (TPSA) is 29.3 Å². The molecule has 0 atom stereocenters. The van der Waals surface area contributed by atoms with Crippen molar-refractivity contribution >= 4 is 5.65 Å². The van der Waals surface area contributed by atoms with Gasteiger partial charge in [-0.15, -0.1) is 0 Å². The van der Waals surface area contributed by atoms with Gasteiger partial charge in [0.1, 0.15) is 0 Å². The van der Waals surface area contributed by atoms with Crippen LogP contribution in [0.4, 0.5) is 4.39 Å². The minimum Gasteiger partial charge on any atom is -0.316 e. The Morgan fingerprint density at radius 1 is 1.53 bits per heavy atom. The molecular formula is C11H12FN3. The minimum atomic E-state index is -0.254. The molecule has 0 amide bonds. The van der Waals surface area contributed by atoms with Gasteiger partial charge in [0.15, 0.2) is 11.5 Å². The third-order valence-corrected chi connectivity index (χ3v) is 2.85. The molecule has 1 aliphatic rings. The van der Waals surface area contributed by atoms with Crippen molar-refractivity contribution in [2.75, 3.05) is 13.1 Å². The van der Waals surface area contributed by atoms with Gasteiger partial charge in [-0.05, 0) is 37.6 Å². The monoisotopic (exact) mass is 205 g/mol. The van der Waals surface area contributed by atoms with Gasteiger partial charge in [-0.1, -0.05) is 0 Å². The summed E-state index contributed by atoms with van der Waals surface area (Å²) in [5.74, 6) is 0.411. The minimum absolute atomic E-state index is 0.254. The van der Waals surface area contributed by atoms with Gasteiger partial charge in [0.25, 0.3) is 0 Å². The number of pyridine rings is 1. The first-order valence-electron chi connectivity index (χ1n) is 5.16. The molecule has 0 saturated carbocycles. The molecule has 1 N–H and O–H groups in total. The third kappa shape index (κ3) is 1.51. The van der Waals surface area contributed by atoms with Crippen molar-refractivity contribution in [2.24, 2.45) is 5.92 Å². The van der Waals surface area contributed by atoms with E-state index in [1.165, 1.54) is 6.07 Å². The fourth-order valence-corrected chi connectivity index (χ4v) is 1.92. The fourth-order valence-electron chi connectivity index (χ4n) is 1.92. The van der Waals surface area contributed by atoms with Crippen LogP contribution >= 0.6 is 0 Å². The maximum absolute atomic E-state index is 13.3. The highest BCUT2D eigenvalue weighted by Gasteiger charge is 2.18. The molecule has 0 unspecified atom stereocenters. The van der Waals surface area contributed by atoms with Crippen LogP contribution in [0.5, 0.6) is 0 Å². The predicted octanol–water partition coefficient (Wildman–Crippen LogP) is 1.24. The Hall–Kier alpha value is -1.42. The molecule has 3 rings (SSSR count). The van der Waals surface area contributed by atoms with Gasteiger partial charge in [-0.2, -0.15) is 0 Å². The lowest BCUT2D eigenvalue weighted by molar-refractivity contribution is 0.344. The molecule has 0 bridgehead atoms. The second-order valence-electron chi connectivity index (χ2n) is 4.05. The van der Waals surface area contributed by atoms with Crippen molar-refractivity contribution in [2.45, 2.75) is 6.42 Å². The van der Waals surface area contributed by atoms with E-state index < -0.39 is 0 Å². The molecule has 4 heteroatoms. The van der Waals surface area contributed by atoms with Crippen molar-refractivity contribution in [3.8, 4) is 0 Å². The summed E-state index contributed by atoms with van der Waals surface area (Å²) in [6.45, 7) is 2.10. The SMILES string of the molecule is Fc1cccn2cc(CC3CNC3)nc12. The van der Waals surface area contributed by atoms with Gasteiger partial charge in [0.05, 0.1) is 5.69 Å². The van der Waals surface area contributed by atoms with Crippen molar-refractivity contribution in [1.29, 1.82) is 0 Å². The van der Waals surface area contributed by atoms with Crippen molar-refractivity contribution in [1.82, 2.24) is 14.7 Å². The third-order valence-electron chi connectivity index (χ3n) is 2.85. The first kappa shape index (κ1) is 8.85. The van der Waals surface area contributed by atoms with Crippen LogP contribution in [0.15, 0.2) is 24.5 Å². The van der Waals surface area contributed by atoms with Gasteiger partial charge < -0.3 is 9.72 Å². The van der Waals surface area contributed by atoms with E-state index in [0.29, 0.717) is 11.6 Å². The molecule has 1 fully saturated rings. The lowest BCUT2D eigenvalue weighted by Crippen LogP contribution is -2.43. The summed E-state index contributed by atoms with van der Waals surface area (Å²) in [6.07, 6.45) is 4.68. The average molecular weight is 205 g/mol. The van der Waals surface area contributed by atoms with Crippen molar-refractivity contribution in [3.63, 3.8) is 0 Å². The molecule has 0 spiro atoms. The van der Waals surface area contributed by atoms with Crippen LogP contribution in [0.2, 0.25) is 0 Å². The molecule has 2 aromatic heterocycles. The summed E-state index contributed by atoms with van der Waals surface area (Å²) >= 11 is 0. The zero-order valence-electron chi connectivity index (χ0n) is 8.28.